The Morgan fingerprint density at radius 1 is 1.15 bits per heavy atom. The average molecular weight is 368 g/mol. The quantitative estimate of drug-likeness (QED) is 0.689. The molecule has 2 aromatic heterocycles. The first-order chi connectivity index (χ1) is 12.7. The van der Waals surface area contributed by atoms with Crippen molar-refractivity contribution >= 4 is 11.6 Å². The minimum absolute atomic E-state index is 0.140. The molecule has 0 atom stereocenters. The fourth-order valence-electron chi connectivity index (χ4n) is 2.98. The van der Waals surface area contributed by atoms with Crippen LogP contribution in [0.15, 0.2) is 36.4 Å². The fraction of sp³-hybridized carbons (Fsp3) is 0.381. The summed E-state index contributed by atoms with van der Waals surface area (Å²) in [4.78, 5) is 19.1. The van der Waals surface area contributed by atoms with E-state index in [0.29, 0.717) is 35.7 Å². The lowest BCUT2D eigenvalue weighted by Gasteiger charge is -2.18. The highest BCUT2D eigenvalue weighted by atomic mass is 19.1. The van der Waals surface area contributed by atoms with Crippen molar-refractivity contribution in [3.63, 3.8) is 0 Å². The van der Waals surface area contributed by atoms with Crippen molar-refractivity contribution in [3.8, 4) is 11.3 Å². The lowest BCUT2D eigenvalue weighted by Crippen LogP contribution is -2.31. The van der Waals surface area contributed by atoms with E-state index in [1.165, 1.54) is 12.1 Å². The maximum Gasteiger partial charge on any atom is 0.272 e. The fourth-order valence-corrected chi connectivity index (χ4v) is 2.98. The van der Waals surface area contributed by atoms with Crippen molar-refractivity contribution in [2.24, 2.45) is 0 Å². The van der Waals surface area contributed by atoms with Gasteiger partial charge in [0.15, 0.2) is 5.65 Å². The van der Waals surface area contributed by atoms with Gasteiger partial charge in [-0.3, -0.25) is 4.79 Å². The Morgan fingerprint density at radius 2 is 1.85 bits per heavy atom. The number of hydrogen-bond donors (Lipinski definition) is 0. The molecule has 1 aromatic carbocycles. The predicted octanol–water partition coefficient (Wildman–Crippen LogP) is 4.31. The molecular weight excluding hydrogens is 343 g/mol. The molecule has 0 aliphatic rings. The molecule has 0 radical (unpaired) electrons. The van der Waals surface area contributed by atoms with E-state index in [1.807, 2.05) is 26.0 Å². The largest absolute Gasteiger partial charge is 0.338 e. The predicted molar refractivity (Wildman–Crippen MR) is 104 cm³/mol. The Labute approximate surface area is 158 Å². The van der Waals surface area contributed by atoms with Crippen LogP contribution >= 0.6 is 0 Å². The second-order valence-corrected chi connectivity index (χ2v) is 7.56. The minimum Gasteiger partial charge on any atom is -0.338 e. The van der Waals surface area contributed by atoms with Crippen LogP contribution in [0.5, 0.6) is 0 Å². The Balaban J connectivity index is 2.26. The lowest BCUT2D eigenvalue weighted by atomic mass is 9.93. The molecule has 27 heavy (non-hydrogen) atoms. The van der Waals surface area contributed by atoms with E-state index < -0.39 is 0 Å². The van der Waals surface area contributed by atoms with Gasteiger partial charge >= 0.3 is 0 Å². The molecule has 0 spiro atoms. The van der Waals surface area contributed by atoms with E-state index in [4.69, 9.17) is 0 Å². The zero-order valence-corrected chi connectivity index (χ0v) is 16.5. The number of hydrogen-bond acceptors (Lipinski definition) is 3. The van der Waals surface area contributed by atoms with Gasteiger partial charge < -0.3 is 4.90 Å². The van der Waals surface area contributed by atoms with E-state index >= 15 is 0 Å². The molecule has 0 N–H and O–H groups in total. The summed E-state index contributed by atoms with van der Waals surface area (Å²) < 4.78 is 15.5. The molecule has 0 saturated heterocycles. The molecule has 3 aromatic rings. The zero-order valence-electron chi connectivity index (χ0n) is 16.5. The van der Waals surface area contributed by atoms with Crippen molar-refractivity contribution in [2.75, 3.05) is 13.1 Å². The Morgan fingerprint density at radius 3 is 2.44 bits per heavy atom. The number of nitrogens with zero attached hydrogens (tertiary/aromatic N) is 4. The zero-order chi connectivity index (χ0) is 19.8. The molecular formula is C21H25FN4O. The van der Waals surface area contributed by atoms with Gasteiger partial charge in [0.2, 0.25) is 0 Å². The van der Waals surface area contributed by atoms with Crippen LogP contribution in [-0.4, -0.2) is 38.5 Å². The highest BCUT2D eigenvalue weighted by molar-refractivity contribution is 5.94. The molecule has 3 rings (SSSR count). The van der Waals surface area contributed by atoms with Crippen LogP contribution in [0.1, 0.15) is 50.8 Å². The van der Waals surface area contributed by atoms with Crippen LogP contribution in [0.25, 0.3) is 16.9 Å². The first-order valence-electron chi connectivity index (χ1n) is 9.21. The van der Waals surface area contributed by atoms with E-state index in [-0.39, 0.29) is 17.1 Å². The highest BCUT2D eigenvalue weighted by Crippen LogP contribution is 2.27. The molecule has 0 aliphatic carbocycles. The van der Waals surface area contributed by atoms with Crippen molar-refractivity contribution in [1.29, 1.82) is 0 Å². The molecule has 1 amide bonds. The molecule has 5 nitrogen and oxygen atoms in total. The van der Waals surface area contributed by atoms with Gasteiger partial charge in [-0.2, -0.15) is 5.10 Å². The average Bonchev–Trinajstić information content (AvgIpc) is 3.06. The summed E-state index contributed by atoms with van der Waals surface area (Å²) >= 11 is 0. The van der Waals surface area contributed by atoms with Gasteiger partial charge in [-0.15, -0.1) is 0 Å². The van der Waals surface area contributed by atoms with Crippen LogP contribution < -0.4 is 0 Å². The second kappa shape index (κ2) is 7.10. The first kappa shape index (κ1) is 19.0. The molecule has 0 bridgehead atoms. The summed E-state index contributed by atoms with van der Waals surface area (Å²) in [5.41, 5.74) is 2.91. The standard InChI is InChI=1S/C21H25FN4O/c1-6-25(7-2)20(27)16-12-17(14-9-8-10-15(22)11-14)26-19(23-16)13-18(24-26)21(3,4)5/h8-13H,6-7H2,1-5H3. The third kappa shape index (κ3) is 3.70. The summed E-state index contributed by atoms with van der Waals surface area (Å²) in [6, 6.07) is 9.88. The SMILES string of the molecule is CCN(CC)C(=O)c1cc(-c2cccc(F)c2)n2nc(C(C)(C)C)cc2n1. The van der Waals surface area contributed by atoms with Gasteiger partial charge in [-0.1, -0.05) is 32.9 Å². The van der Waals surface area contributed by atoms with Gasteiger partial charge in [-0.25, -0.2) is 13.9 Å². The van der Waals surface area contributed by atoms with Crippen molar-refractivity contribution in [2.45, 2.75) is 40.0 Å². The van der Waals surface area contributed by atoms with E-state index in [0.717, 1.165) is 5.69 Å². The van der Waals surface area contributed by atoms with Crippen molar-refractivity contribution < 1.29 is 9.18 Å². The minimum atomic E-state index is -0.336. The molecule has 2 heterocycles. The van der Waals surface area contributed by atoms with Gasteiger partial charge in [0, 0.05) is 30.1 Å². The summed E-state index contributed by atoms with van der Waals surface area (Å²) in [6.07, 6.45) is 0. The summed E-state index contributed by atoms with van der Waals surface area (Å²) in [5, 5.41) is 4.68. The number of benzene rings is 1. The summed E-state index contributed by atoms with van der Waals surface area (Å²) in [7, 11) is 0. The number of fused-ring (bicyclic) bond motifs is 1. The number of rotatable bonds is 4. The van der Waals surface area contributed by atoms with Crippen LogP contribution in [0.3, 0.4) is 0 Å². The van der Waals surface area contributed by atoms with Crippen LogP contribution in [0.4, 0.5) is 4.39 Å². The number of aromatic nitrogens is 3. The van der Waals surface area contributed by atoms with E-state index in [2.05, 4.69) is 30.9 Å². The first-order valence-corrected chi connectivity index (χ1v) is 9.21. The van der Waals surface area contributed by atoms with Crippen LogP contribution in [0.2, 0.25) is 0 Å². The Hall–Kier alpha value is -2.76. The molecule has 6 heteroatoms. The molecule has 0 fully saturated rings. The van der Waals surface area contributed by atoms with Gasteiger partial charge in [0.05, 0.1) is 11.4 Å². The summed E-state index contributed by atoms with van der Waals surface area (Å²) in [6.45, 7) is 11.3. The number of amides is 1. The number of halogens is 1. The number of carbonyl (C=O) groups excluding carboxylic acids is 1. The third-order valence-electron chi connectivity index (χ3n) is 4.59. The lowest BCUT2D eigenvalue weighted by molar-refractivity contribution is 0.0767. The van der Waals surface area contributed by atoms with Crippen LogP contribution in [-0.2, 0) is 5.41 Å². The monoisotopic (exact) mass is 368 g/mol. The van der Waals surface area contributed by atoms with E-state index in [9.17, 15) is 9.18 Å². The Kier molecular flexibility index (Phi) is 5.00. The van der Waals surface area contributed by atoms with Gasteiger partial charge in [0.25, 0.3) is 5.91 Å². The third-order valence-corrected chi connectivity index (χ3v) is 4.59. The Bertz CT molecular complexity index is 984. The molecule has 0 unspecified atom stereocenters. The number of carbonyl (C=O) groups is 1. The summed E-state index contributed by atoms with van der Waals surface area (Å²) in [5.74, 6) is -0.476. The molecule has 0 aliphatic heterocycles. The van der Waals surface area contributed by atoms with Crippen molar-refractivity contribution in [1.82, 2.24) is 19.5 Å². The maximum atomic E-state index is 13.8. The second-order valence-electron chi connectivity index (χ2n) is 7.56. The topological polar surface area (TPSA) is 50.5 Å². The normalized spacial score (nSPS) is 11.8. The molecule has 0 saturated carbocycles. The van der Waals surface area contributed by atoms with Crippen LogP contribution in [0, 0.1) is 5.82 Å². The van der Waals surface area contributed by atoms with Gasteiger partial charge in [-0.05, 0) is 32.0 Å². The van der Waals surface area contributed by atoms with Gasteiger partial charge in [0.1, 0.15) is 11.5 Å². The highest BCUT2D eigenvalue weighted by Gasteiger charge is 2.22. The maximum absolute atomic E-state index is 13.8. The van der Waals surface area contributed by atoms with Crippen molar-refractivity contribution in [3.05, 3.63) is 53.6 Å². The smallest absolute Gasteiger partial charge is 0.272 e. The molecule has 142 valence electrons. The van der Waals surface area contributed by atoms with E-state index in [1.54, 1.807) is 21.5 Å².